The summed E-state index contributed by atoms with van der Waals surface area (Å²) in [6, 6.07) is 7.45. The van der Waals surface area contributed by atoms with Crippen LogP contribution in [-0.2, 0) is 16.0 Å². The van der Waals surface area contributed by atoms with E-state index in [1.165, 1.54) is 0 Å². The third-order valence-electron chi connectivity index (χ3n) is 2.46. The van der Waals surface area contributed by atoms with Crippen LogP contribution in [0, 0.1) is 0 Å². The van der Waals surface area contributed by atoms with Crippen LogP contribution < -0.4 is 11.1 Å². The molecule has 0 aromatic heterocycles. The number of nitrogens with two attached hydrogens (primary N) is 1. The highest BCUT2D eigenvalue weighted by atomic mass is 16.5. The third-order valence-corrected chi connectivity index (χ3v) is 2.46. The van der Waals surface area contributed by atoms with Crippen molar-refractivity contribution >= 4 is 5.91 Å². The first-order chi connectivity index (χ1) is 8.58. The molecule has 1 aromatic rings. The molecule has 1 aromatic carbocycles. The van der Waals surface area contributed by atoms with Crippen LogP contribution in [0.5, 0.6) is 5.75 Å². The Balaban J connectivity index is 2.15. The third kappa shape index (κ3) is 6.22. The van der Waals surface area contributed by atoms with Gasteiger partial charge in [0.15, 0.2) is 0 Å². The maximum Gasteiger partial charge on any atom is 0.243 e. The summed E-state index contributed by atoms with van der Waals surface area (Å²) in [5.41, 5.74) is 6.10. The molecular weight excluding hydrogens is 232 g/mol. The number of ether oxygens (including phenoxy) is 1. The minimum atomic E-state index is -0.452. The van der Waals surface area contributed by atoms with E-state index in [0.29, 0.717) is 19.2 Å². The summed E-state index contributed by atoms with van der Waals surface area (Å²) in [4.78, 5) is 10.4. The minimum absolute atomic E-state index is 0.0337. The molecular formula is C13H20N2O3. The molecule has 5 heteroatoms. The molecule has 1 unspecified atom stereocenters. The van der Waals surface area contributed by atoms with Crippen LogP contribution in [-0.4, -0.2) is 36.8 Å². The standard InChI is InChI=1S/C13H20N2O3/c1-10(15-6-7-18-9-13(14)17)8-11-2-4-12(16)5-3-11/h2-5,10,15-16H,6-9H2,1H3,(H2,14,17). The van der Waals surface area contributed by atoms with E-state index in [1.807, 2.05) is 12.1 Å². The Morgan fingerprint density at radius 1 is 1.44 bits per heavy atom. The zero-order valence-corrected chi connectivity index (χ0v) is 10.6. The number of nitrogens with one attached hydrogen (secondary N) is 1. The normalized spacial score (nSPS) is 12.3. The van der Waals surface area contributed by atoms with Gasteiger partial charge in [0.2, 0.25) is 5.91 Å². The zero-order valence-electron chi connectivity index (χ0n) is 10.6. The molecule has 0 aliphatic carbocycles. The maximum atomic E-state index is 10.4. The highest BCUT2D eigenvalue weighted by Gasteiger charge is 2.03. The summed E-state index contributed by atoms with van der Waals surface area (Å²) < 4.78 is 5.04. The molecule has 0 spiro atoms. The van der Waals surface area contributed by atoms with Crippen molar-refractivity contribution in [2.75, 3.05) is 19.8 Å². The second-order valence-corrected chi connectivity index (χ2v) is 4.24. The monoisotopic (exact) mass is 252 g/mol. The molecule has 0 saturated heterocycles. The summed E-state index contributed by atoms with van der Waals surface area (Å²) in [5.74, 6) is -0.175. The highest BCUT2D eigenvalue weighted by molar-refractivity contribution is 5.74. The molecule has 0 fully saturated rings. The summed E-state index contributed by atoms with van der Waals surface area (Å²) in [6.07, 6.45) is 0.871. The first kappa shape index (κ1) is 14.5. The number of phenols is 1. The molecule has 5 nitrogen and oxygen atoms in total. The van der Waals surface area contributed by atoms with Gasteiger partial charge in [0.25, 0.3) is 0 Å². The number of carbonyl (C=O) groups excluding carboxylic acids is 1. The lowest BCUT2D eigenvalue weighted by Crippen LogP contribution is -2.32. The van der Waals surface area contributed by atoms with Gasteiger partial charge in [-0.05, 0) is 31.0 Å². The van der Waals surface area contributed by atoms with Crippen molar-refractivity contribution < 1.29 is 14.6 Å². The van der Waals surface area contributed by atoms with Crippen LogP contribution >= 0.6 is 0 Å². The SMILES string of the molecule is CC(Cc1ccc(O)cc1)NCCOCC(N)=O. The number of primary amides is 1. The smallest absolute Gasteiger partial charge is 0.243 e. The molecule has 1 atom stereocenters. The van der Waals surface area contributed by atoms with Gasteiger partial charge in [-0.1, -0.05) is 12.1 Å². The van der Waals surface area contributed by atoms with E-state index in [9.17, 15) is 4.79 Å². The van der Waals surface area contributed by atoms with Crippen LogP contribution in [0.25, 0.3) is 0 Å². The number of phenolic OH excluding ortho intramolecular Hbond substituents is 1. The lowest BCUT2D eigenvalue weighted by molar-refractivity contribution is -0.122. The molecule has 0 radical (unpaired) electrons. The fourth-order valence-corrected chi connectivity index (χ4v) is 1.61. The Morgan fingerprint density at radius 2 is 2.11 bits per heavy atom. The quantitative estimate of drug-likeness (QED) is 0.585. The molecule has 4 N–H and O–H groups in total. The van der Waals surface area contributed by atoms with Gasteiger partial charge < -0.3 is 20.9 Å². The van der Waals surface area contributed by atoms with Gasteiger partial charge in [-0.15, -0.1) is 0 Å². The van der Waals surface area contributed by atoms with E-state index >= 15 is 0 Å². The van der Waals surface area contributed by atoms with Crippen molar-refractivity contribution in [3.8, 4) is 5.75 Å². The predicted molar refractivity (Wildman–Crippen MR) is 69.3 cm³/mol. The van der Waals surface area contributed by atoms with E-state index in [2.05, 4.69) is 12.2 Å². The lowest BCUT2D eigenvalue weighted by Gasteiger charge is -2.13. The second kappa shape index (κ2) is 7.68. The van der Waals surface area contributed by atoms with Gasteiger partial charge >= 0.3 is 0 Å². The van der Waals surface area contributed by atoms with Crippen molar-refractivity contribution in [2.45, 2.75) is 19.4 Å². The summed E-state index contributed by atoms with van der Waals surface area (Å²) in [6.45, 7) is 3.17. The molecule has 1 amide bonds. The van der Waals surface area contributed by atoms with Crippen molar-refractivity contribution in [2.24, 2.45) is 5.73 Å². The predicted octanol–water partition coefficient (Wildman–Crippen LogP) is 0.415. The summed E-state index contributed by atoms with van der Waals surface area (Å²) in [5, 5.41) is 12.4. The van der Waals surface area contributed by atoms with Crippen LogP contribution in [0.15, 0.2) is 24.3 Å². The Hall–Kier alpha value is -1.59. The first-order valence-corrected chi connectivity index (χ1v) is 5.95. The minimum Gasteiger partial charge on any atom is -0.508 e. The van der Waals surface area contributed by atoms with Crippen LogP contribution in [0.3, 0.4) is 0 Å². The van der Waals surface area contributed by atoms with Crippen LogP contribution in [0.1, 0.15) is 12.5 Å². The molecule has 18 heavy (non-hydrogen) atoms. The molecule has 1 rings (SSSR count). The van der Waals surface area contributed by atoms with Crippen molar-refractivity contribution in [1.82, 2.24) is 5.32 Å². The molecule has 0 saturated carbocycles. The second-order valence-electron chi connectivity index (χ2n) is 4.24. The largest absolute Gasteiger partial charge is 0.508 e. The van der Waals surface area contributed by atoms with Crippen molar-refractivity contribution in [1.29, 1.82) is 0 Å². The number of carbonyl (C=O) groups is 1. The van der Waals surface area contributed by atoms with Gasteiger partial charge in [-0.25, -0.2) is 0 Å². The number of benzene rings is 1. The highest BCUT2D eigenvalue weighted by Crippen LogP contribution is 2.10. The Morgan fingerprint density at radius 3 is 2.72 bits per heavy atom. The van der Waals surface area contributed by atoms with E-state index in [-0.39, 0.29) is 12.4 Å². The average molecular weight is 252 g/mol. The Labute approximate surface area is 107 Å². The fraction of sp³-hybridized carbons (Fsp3) is 0.462. The maximum absolute atomic E-state index is 10.4. The number of aromatic hydroxyl groups is 1. The van der Waals surface area contributed by atoms with E-state index in [1.54, 1.807) is 12.1 Å². The van der Waals surface area contributed by atoms with E-state index in [4.69, 9.17) is 15.6 Å². The average Bonchev–Trinajstić information content (AvgIpc) is 2.31. The zero-order chi connectivity index (χ0) is 13.4. The lowest BCUT2D eigenvalue weighted by atomic mass is 10.1. The summed E-state index contributed by atoms with van der Waals surface area (Å²) in [7, 11) is 0. The molecule has 0 aliphatic rings. The van der Waals surface area contributed by atoms with E-state index < -0.39 is 5.91 Å². The van der Waals surface area contributed by atoms with Gasteiger partial charge in [0.05, 0.1) is 6.61 Å². The molecule has 0 aliphatic heterocycles. The fourth-order valence-electron chi connectivity index (χ4n) is 1.61. The van der Waals surface area contributed by atoms with Gasteiger partial charge in [-0.2, -0.15) is 0 Å². The Kier molecular flexibility index (Phi) is 6.18. The number of rotatable bonds is 8. The summed E-state index contributed by atoms with van der Waals surface area (Å²) >= 11 is 0. The Bertz CT molecular complexity index is 365. The van der Waals surface area contributed by atoms with Gasteiger partial charge in [0.1, 0.15) is 12.4 Å². The molecule has 100 valence electrons. The molecule has 0 bridgehead atoms. The van der Waals surface area contributed by atoms with Crippen LogP contribution in [0.4, 0.5) is 0 Å². The first-order valence-electron chi connectivity index (χ1n) is 5.95. The van der Waals surface area contributed by atoms with Gasteiger partial charge in [0, 0.05) is 12.6 Å². The van der Waals surface area contributed by atoms with E-state index in [0.717, 1.165) is 12.0 Å². The van der Waals surface area contributed by atoms with Gasteiger partial charge in [-0.3, -0.25) is 4.79 Å². The number of hydrogen-bond acceptors (Lipinski definition) is 4. The van der Waals surface area contributed by atoms with Crippen molar-refractivity contribution in [3.63, 3.8) is 0 Å². The number of amides is 1. The number of hydrogen-bond donors (Lipinski definition) is 3. The topological polar surface area (TPSA) is 84.6 Å². The van der Waals surface area contributed by atoms with Crippen LogP contribution in [0.2, 0.25) is 0 Å². The van der Waals surface area contributed by atoms with Crippen molar-refractivity contribution in [3.05, 3.63) is 29.8 Å². The molecule has 0 heterocycles.